The van der Waals surface area contributed by atoms with Crippen LogP contribution in [-0.2, 0) is 4.79 Å². The third-order valence-corrected chi connectivity index (χ3v) is 2.91. The van der Waals surface area contributed by atoms with Gasteiger partial charge < -0.3 is 5.32 Å². The second-order valence-electron chi connectivity index (χ2n) is 3.08. The van der Waals surface area contributed by atoms with Crippen LogP contribution in [0.5, 0.6) is 0 Å². The van der Waals surface area contributed by atoms with E-state index in [1.165, 1.54) is 0 Å². The van der Waals surface area contributed by atoms with E-state index in [0.717, 1.165) is 6.42 Å². The fourth-order valence-electron chi connectivity index (χ4n) is 1.22. The van der Waals surface area contributed by atoms with Gasteiger partial charge in [0.1, 0.15) is 0 Å². The Labute approximate surface area is 85.2 Å². The average molecular weight is 201 g/mol. The predicted molar refractivity (Wildman–Crippen MR) is 60.0 cm³/mol. The van der Waals surface area contributed by atoms with E-state index in [2.05, 4.69) is 18.3 Å². The van der Waals surface area contributed by atoms with Crippen molar-refractivity contribution < 1.29 is 4.79 Å². The molecule has 0 aromatic carbocycles. The fraction of sp³-hybridized carbons (Fsp3) is 0.700. The monoisotopic (exact) mass is 201 g/mol. The van der Waals surface area contributed by atoms with Crippen LogP contribution >= 0.6 is 11.8 Å². The maximum atomic E-state index is 11.3. The standard InChI is InChI=1S/C10H19NOS/c1-5-6-8(2)7-9(13-4)10(12)11-3/h5-6,8-9H,7H2,1-4H3,(H,11,12)/b6-5-. The minimum atomic E-state index is 0.0798. The lowest BCUT2D eigenvalue weighted by Crippen LogP contribution is -2.30. The highest BCUT2D eigenvalue weighted by Crippen LogP contribution is 2.17. The SMILES string of the molecule is C/C=C\C(C)CC(SC)C(=O)NC. The van der Waals surface area contributed by atoms with Gasteiger partial charge in [-0.15, -0.1) is 0 Å². The van der Waals surface area contributed by atoms with Gasteiger partial charge in [-0.3, -0.25) is 4.79 Å². The maximum absolute atomic E-state index is 11.3. The van der Waals surface area contributed by atoms with Crippen molar-refractivity contribution in [2.75, 3.05) is 13.3 Å². The van der Waals surface area contributed by atoms with Gasteiger partial charge in [-0.2, -0.15) is 11.8 Å². The molecule has 76 valence electrons. The zero-order chi connectivity index (χ0) is 10.3. The van der Waals surface area contributed by atoms with Crippen molar-refractivity contribution in [3.63, 3.8) is 0 Å². The summed E-state index contributed by atoms with van der Waals surface area (Å²) < 4.78 is 0. The Morgan fingerprint density at radius 1 is 1.62 bits per heavy atom. The molecular weight excluding hydrogens is 182 g/mol. The van der Waals surface area contributed by atoms with Crippen LogP contribution in [0.3, 0.4) is 0 Å². The summed E-state index contributed by atoms with van der Waals surface area (Å²) in [4.78, 5) is 11.3. The second-order valence-corrected chi connectivity index (χ2v) is 4.12. The molecule has 1 amide bonds. The summed E-state index contributed by atoms with van der Waals surface area (Å²) in [6.45, 7) is 4.14. The first-order valence-corrected chi connectivity index (χ1v) is 5.81. The Morgan fingerprint density at radius 2 is 2.23 bits per heavy atom. The Kier molecular flexibility index (Phi) is 6.77. The van der Waals surface area contributed by atoms with Crippen LogP contribution in [-0.4, -0.2) is 24.5 Å². The normalized spacial score (nSPS) is 15.7. The van der Waals surface area contributed by atoms with Gasteiger partial charge in [0.15, 0.2) is 0 Å². The lowest BCUT2D eigenvalue weighted by molar-refractivity contribution is -0.120. The molecule has 0 aromatic heterocycles. The van der Waals surface area contributed by atoms with Crippen molar-refractivity contribution in [2.45, 2.75) is 25.5 Å². The molecule has 0 saturated heterocycles. The lowest BCUT2D eigenvalue weighted by atomic mass is 10.0. The number of carbonyl (C=O) groups excluding carboxylic acids is 1. The van der Waals surface area contributed by atoms with E-state index in [1.54, 1.807) is 18.8 Å². The van der Waals surface area contributed by atoms with Gasteiger partial charge in [-0.05, 0) is 25.5 Å². The van der Waals surface area contributed by atoms with E-state index in [0.29, 0.717) is 5.92 Å². The van der Waals surface area contributed by atoms with E-state index in [-0.39, 0.29) is 11.2 Å². The number of carbonyl (C=O) groups is 1. The van der Waals surface area contributed by atoms with Gasteiger partial charge >= 0.3 is 0 Å². The van der Waals surface area contributed by atoms with Crippen molar-refractivity contribution in [2.24, 2.45) is 5.92 Å². The van der Waals surface area contributed by atoms with Crippen LogP contribution in [0.4, 0.5) is 0 Å². The van der Waals surface area contributed by atoms with Crippen LogP contribution in [0.15, 0.2) is 12.2 Å². The molecule has 0 saturated carbocycles. The number of hydrogen-bond donors (Lipinski definition) is 1. The minimum Gasteiger partial charge on any atom is -0.358 e. The molecule has 0 heterocycles. The van der Waals surface area contributed by atoms with E-state index < -0.39 is 0 Å². The van der Waals surface area contributed by atoms with Gasteiger partial charge in [0.05, 0.1) is 5.25 Å². The van der Waals surface area contributed by atoms with E-state index >= 15 is 0 Å². The molecule has 3 heteroatoms. The third kappa shape index (κ3) is 4.98. The molecule has 2 unspecified atom stereocenters. The second kappa shape index (κ2) is 7.01. The average Bonchev–Trinajstić information content (AvgIpc) is 2.13. The first-order valence-electron chi connectivity index (χ1n) is 4.52. The van der Waals surface area contributed by atoms with Gasteiger partial charge in [0, 0.05) is 7.05 Å². The zero-order valence-electron chi connectivity index (χ0n) is 8.83. The molecule has 1 N–H and O–H groups in total. The van der Waals surface area contributed by atoms with Crippen molar-refractivity contribution >= 4 is 17.7 Å². The smallest absolute Gasteiger partial charge is 0.232 e. The van der Waals surface area contributed by atoms with Crippen molar-refractivity contribution in [3.05, 3.63) is 12.2 Å². The number of hydrogen-bond acceptors (Lipinski definition) is 2. The van der Waals surface area contributed by atoms with E-state index in [4.69, 9.17) is 0 Å². The van der Waals surface area contributed by atoms with Crippen LogP contribution in [0, 0.1) is 5.92 Å². The topological polar surface area (TPSA) is 29.1 Å². The van der Waals surface area contributed by atoms with Crippen LogP contribution < -0.4 is 5.32 Å². The van der Waals surface area contributed by atoms with Gasteiger partial charge in [-0.1, -0.05) is 19.1 Å². The highest BCUT2D eigenvalue weighted by molar-refractivity contribution is 7.99. The fourth-order valence-corrected chi connectivity index (χ4v) is 2.04. The van der Waals surface area contributed by atoms with Crippen molar-refractivity contribution in [1.29, 1.82) is 0 Å². The van der Waals surface area contributed by atoms with Crippen molar-refractivity contribution in [3.8, 4) is 0 Å². The molecule has 0 aliphatic rings. The highest BCUT2D eigenvalue weighted by Gasteiger charge is 2.17. The molecule has 0 aliphatic carbocycles. The summed E-state index contributed by atoms with van der Waals surface area (Å²) >= 11 is 1.61. The molecule has 0 fully saturated rings. The molecule has 0 radical (unpaired) electrons. The van der Waals surface area contributed by atoms with Crippen LogP contribution in [0.1, 0.15) is 20.3 Å². The Morgan fingerprint density at radius 3 is 2.62 bits per heavy atom. The Bertz CT molecular complexity index is 180. The lowest BCUT2D eigenvalue weighted by Gasteiger charge is -2.15. The first-order chi connectivity index (χ1) is 6.15. The molecule has 0 spiro atoms. The predicted octanol–water partition coefficient (Wildman–Crippen LogP) is 2.07. The summed E-state index contributed by atoms with van der Waals surface area (Å²) in [5.74, 6) is 0.601. The number of thioether (sulfide) groups is 1. The molecule has 0 bridgehead atoms. The highest BCUT2D eigenvalue weighted by atomic mass is 32.2. The molecule has 13 heavy (non-hydrogen) atoms. The minimum absolute atomic E-state index is 0.0798. The molecule has 2 nitrogen and oxygen atoms in total. The molecular formula is C10H19NOS. The number of nitrogens with one attached hydrogen (secondary N) is 1. The Balaban J connectivity index is 4.04. The van der Waals surface area contributed by atoms with E-state index in [1.807, 2.05) is 19.3 Å². The zero-order valence-corrected chi connectivity index (χ0v) is 9.65. The summed E-state index contributed by atoms with van der Waals surface area (Å²) in [6.07, 6.45) is 7.05. The van der Waals surface area contributed by atoms with Gasteiger partial charge in [0.25, 0.3) is 0 Å². The third-order valence-electron chi connectivity index (χ3n) is 1.93. The summed E-state index contributed by atoms with van der Waals surface area (Å²) in [7, 11) is 1.69. The van der Waals surface area contributed by atoms with Crippen LogP contribution in [0.2, 0.25) is 0 Å². The Hall–Kier alpha value is -0.440. The summed E-state index contributed by atoms with van der Waals surface area (Å²) in [5, 5.41) is 2.76. The maximum Gasteiger partial charge on any atom is 0.232 e. The first kappa shape index (κ1) is 12.6. The van der Waals surface area contributed by atoms with Gasteiger partial charge in [-0.25, -0.2) is 0 Å². The quantitative estimate of drug-likeness (QED) is 0.690. The van der Waals surface area contributed by atoms with E-state index in [9.17, 15) is 4.79 Å². The molecule has 0 rings (SSSR count). The number of rotatable bonds is 5. The molecule has 0 aliphatic heterocycles. The summed E-state index contributed by atoms with van der Waals surface area (Å²) in [6, 6.07) is 0. The number of amides is 1. The largest absolute Gasteiger partial charge is 0.358 e. The molecule has 2 atom stereocenters. The summed E-state index contributed by atoms with van der Waals surface area (Å²) in [5.41, 5.74) is 0. The van der Waals surface area contributed by atoms with Crippen LogP contribution in [0.25, 0.3) is 0 Å². The molecule has 0 aromatic rings. The van der Waals surface area contributed by atoms with Gasteiger partial charge in [0.2, 0.25) is 5.91 Å². The van der Waals surface area contributed by atoms with Crippen molar-refractivity contribution in [1.82, 2.24) is 5.32 Å². The number of allylic oxidation sites excluding steroid dienone is 2.